The lowest BCUT2D eigenvalue weighted by molar-refractivity contribution is 0.670. The fourth-order valence-corrected chi connectivity index (χ4v) is 13.6. The van der Waals surface area contributed by atoms with Gasteiger partial charge in [-0.15, -0.1) is 22.7 Å². The van der Waals surface area contributed by atoms with Gasteiger partial charge in [-0.1, -0.05) is 176 Å². The molecule has 67 heavy (non-hydrogen) atoms. The smallest absolute Gasteiger partial charge is 0.143 e. The van der Waals surface area contributed by atoms with E-state index < -0.39 is 0 Å². The highest BCUT2D eigenvalue weighted by atomic mass is 32.1. The molecular weight excluding hydrogens is 849 g/mol. The van der Waals surface area contributed by atoms with Crippen LogP contribution >= 0.6 is 22.7 Å². The van der Waals surface area contributed by atoms with Crippen LogP contribution in [0.3, 0.4) is 0 Å². The molecule has 0 aliphatic heterocycles. The molecular formula is C64H36OS2. The maximum Gasteiger partial charge on any atom is 0.143 e. The summed E-state index contributed by atoms with van der Waals surface area (Å²) in [7, 11) is 0. The maximum atomic E-state index is 7.18. The van der Waals surface area contributed by atoms with Gasteiger partial charge in [-0.05, 0) is 119 Å². The Labute approximate surface area is 393 Å². The number of benzene rings is 12. The molecule has 3 heterocycles. The van der Waals surface area contributed by atoms with E-state index in [1.807, 2.05) is 22.7 Å². The van der Waals surface area contributed by atoms with Crippen molar-refractivity contribution in [1.82, 2.24) is 0 Å². The van der Waals surface area contributed by atoms with Crippen LogP contribution in [0.25, 0.3) is 150 Å². The Morgan fingerprint density at radius 1 is 0.254 bits per heavy atom. The zero-order chi connectivity index (χ0) is 43.7. The van der Waals surface area contributed by atoms with Crippen LogP contribution in [0.2, 0.25) is 0 Å². The third kappa shape index (κ3) is 5.35. The molecule has 0 radical (unpaired) electrons. The quantitative estimate of drug-likeness (QED) is 0.161. The molecule has 15 rings (SSSR count). The van der Waals surface area contributed by atoms with E-state index in [9.17, 15) is 0 Å². The standard InChI is InChI=1S/C64H36OS2/c1-5-21-45-41(17-1)59(37-31-33-57-52(35-37)39-15-9-11-29-55(39)66-57)42-18-2-6-22-46(42)61(45)49-25-14-28-54-63(49)51-27-13-26-50(64(51)65-54)62-47-23-7-3-19-43(47)60(44-20-4-8-24-48(44)62)38-32-34-58-53(36-38)40-16-10-12-30-56(40)67-58/h1-36H. The Morgan fingerprint density at radius 2 is 0.612 bits per heavy atom. The lowest BCUT2D eigenvalue weighted by atomic mass is 9.84. The Kier molecular flexibility index (Phi) is 7.88. The van der Waals surface area contributed by atoms with Crippen LogP contribution in [-0.2, 0) is 0 Å². The van der Waals surface area contributed by atoms with Crippen LogP contribution in [0.5, 0.6) is 0 Å². The number of thiophene rings is 2. The highest BCUT2D eigenvalue weighted by Crippen LogP contribution is 2.51. The first-order valence-electron chi connectivity index (χ1n) is 22.9. The summed E-state index contributed by atoms with van der Waals surface area (Å²) in [6, 6.07) is 80.9. The van der Waals surface area contributed by atoms with Gasteiger partial charge in [-0.25, -0.2) is 0 Å². The third-order valence-corrected chi connectivity index (χ3v) is 16.6. The summed E-state index contributed by atoms with van der Waals surface area (Å²) in [5.74, 6) is 0. The summed E-state index contributed by atoms with van der Waals surface area (Å²) in [6.07, 6.45) is 0. The molecule has 0 spiro atoms. The summed E-state index contributed by atoms with van der Waals surface area (Å²) in [6.45, 7) is 0. The van der Waals surface area contributed by atoms with E-state index in [-0.39, 0.29) is 0 Å². The largest absolute Gasteiger partial charge is 0.455 e. The Bertz CT molecular complexity index is 4470. The van der Waals surface area contributed by atoms with E-state index in [1.54, 1.807) is 0 Å². The number of hydrogen-bond acceptors (Lipinski definition) is 3. The SMILES string of the molecule is c1cc(-c2c3ccccc3c(-c3ccc4sc5ccccc5c4c3)c3ccccc23)c2c(c1)oc1c(-c3c4ccccc4c(-c4ccc5sc6ccccc6c5c4)c4ccccc34)cccc12. The van der Waals surface area contributed by atoms with Crippen molar-refractivity contribution in [2.24, 2.45) is 0 Å². The van der Waals surface area contributed by atoms with Crippen molar-refractivity contribution in [3.8, 4) is 44.5 Å². The van der Waals surface area contributed by atoms with Crippen LogP contribution in [0, 0.1) is 0 Å². The summed E-state index contributed by atoms with van der Waals surface area (Å²) in [5.41, 5.74) is 11.5. The zero-order valence-corrected chi connectivity index (χ0v) is 37.6. The lowest BCUT2D eigenvalue weighted by Gasteiger charge is -2.18. The van der Waals surface area contributed by atoms with Crippen molar-refractivity contribution in [2.75, 3.05) is 0 Å². The zero-order valence-electron chi connectivity index (χ0n) is 36.0. The van der Waals surface area contributed by atoms with Crippen molar-refractivity contribution in [2.45, 2.75) is 0 Å². The van der Waals surface area contributed by atoms with E-state index >= 15 is 0 Å². The summed E-state index contributed by atoms with van der Waals surface area (Å²) in [4.78, 5) is 0. The van der Waals surface area contributed by atoms with Crippen LogP contribution in [-0.4, -0.2) is 0 Å². The molecule has 0 saturated heterocycles. The van der Waals surface area contributed by atoms with E-state index in [1.165, 1.54) is 122 Å². The van der Waals surface area contributed by atoms with Gasteiger partial charge in [0.15, 0.2) is 0 Å². The summed E-state index contributed by atoms with van der Waals surface area (Å²) < 4.78 is 12.5. The Balaban J connectivity index is 0.977. The molecule has 0 saturated carbocycles. The van der Waals surface area contributed by atoms with Gasteiger partial charge < -0.3 is 4.42 Å². The van der Waals surface area contributed by atoms with Crippen LogP contribution in [0.4, 0.5) is 0 Å². The highest BCUT2D eigenvalue weighted by molar-refractivity contribution is 7.26. The van der Waals surface area contributed by atoms with Gasteiger partial charge in [-0.3, -0.25) is 0 Å². The van der Waals surface area contributed by atoms with Crippen LogP contribution in [0.1, 0.15) is 0 Å². The van der Waals surface area contributed by atoms with Crippen molar-refractivity contribution in [3.05, 3.63) is 218 Å². The Morgan fingerprint density at radius 3 is 1.09 bits per heavy atom. The molecule has 15 aromatic rings. The predicted octanol–water partition coefficient (Wildman–Crippen LogP) is 19.6. The first-order valence-corrected chi connectivity index (χ1v) is 24.5. The lowest BCUT2D eigenvalue weighted by Crippen LogP contribution is -1.91. The first-order chi connectivity index (χ1) is 33.2. The molecule has 0 bridgehead atoms. The fourth-order valence-electron chi connectivity index (χ4n) is 11.5. The average Bonchev–Trinajstić information content (AvgIpc) is 4.08. The molecule has 0 aliphatic rings. The predicted molar refractivity (Wildman–Crippen MR) is 291 cm³/mol. The number of hydrogen-bond donors (Lipinski definition) is 0. The van der Waals surface area contributed by atoms with Crippen molar-refractivity contribution in [3.63, 3.8) is 0 Å². The highest BCUT2D eigenvalue weighted by Gasteiger charge is 2.24. The van der Waals surface area contributed by atoms with E-state index in [0.717, 1.165) is 27.5 Å². The van der Waals surface area contributed by atoms with Gasteiger partial charge in [0.1, 0.15) is 11.2 Å². The molecule has 0 unspecified atom stereocenters. The molecule has 0 amide bonds. The molecule has 0 atom stereocenters. The van der Waals surface area contributed by atoms with Crippen molar-refractivity contribution < 1.29 is 4.42 Å². The van der Waals surface area contributed by atoms with E-state index in [4.69, 9.17) is 4.42 Å². The summed E-state index contributed by atoms with van der Waals surface area (Å²) in [5, 5.41) is 17.3. The molecule has 3 aromatic heterocycles. The topological polar surface area (TPSA) is 13.1 Å². The van der Waals surface area contributed by atoms with Crippen LogP contribution in [0.15, 0.2) is 223 Å². The number of para-hydroxylation sites is 1. The second-order valence-electron chi connectivity index (χ2n) is 17.8. The molecule has 12 aromatic carbocycles. The number of fused-ring (bicyclic) bond motifs is 13. The molecule has 0 fully saturated rings. The molecule has 0 N–H and O–H groups in total. The first kappa shape index (κ1) is 37.2. The monoisotopic (exact) mass is 884 g/mol. The van der Waals surface area contributed by atoms with E-state index in [2.05, 4.69) is 218 Å². The van der Waals surface area contributed by atoms with Gasteiger partial charge in [-0.2, -0.15) is 0 Å². The minimum Gasteiger partial charge on any atom is -0.455 e. The van der Waals surface area contributed by atoms with Crippen molar-refractivity contribution >= 4 is 128 Å². The Hall–Kier alpha value is -8.08. The van der Waals surface area contributed by atoms with Gasteiger partial charge in [0.05, 0.1) is 0 Å². The number of rotatable bonds is 4. The van der Waals surface area contributed by atoms with Gasteiger partial charge in [0.25, 0.3) is 0 Å². The number of furan rings is 1. The van der Waals surface area contributed by atoms with Gasteiger partial charge >= 0.3 is 0 Å². The minimum absolute atomic E-state index is 0.883. The third-order valence-electron chi connectivity index (χ3n) is 14.3. The van der Waals surface area contributed by atoms with E-state index in [0.29, 0.717) is 0 Å². The fraction of sp³-hybridized carbons (Fsp3) is 0. The molecule has 310 valence electrons. The maximum absolute atomic E-state index is 7.18. The van der Waals surface area contributed by atoms with Crippen LogP contribution < -0.4 is 0 Å². The second-order valence-corrected chi connectivity index (χ2v) is 19.9. The van der Waals surface area contributed by atoms with Gasteiger partial charge in [0, 0.05) is 62.2 Å². The minimum atomic E-state index is 0.883. The van der Waals surface area contributed by atoms with Gasteiger partial charge in [0.2, 0.25) is 0 Å². The second kappa shape index (κ2) is 14.2. The molecule has 0 aliphatic carbocycles. The molecule has 1 nitrogen and oxygen atoms in total. The molecule has 3 heteroatoms. The average molecular weight is 885 g/mol. The van der Waals surface area contributed by atoms with Crippen molar-refractivity contribution in [1.29, 1.82) is 0 Å². The summed E-state index contributed by atoms with van der Waals surface area (Å²) >= 11 is 3.73. The normalized spacial score (nSPS) is 12.2.